The Bertz CT molecular complexity index is 650. The Morgan fingerprint density at radius 2 is 2.05 bits per heavy atom. The largest absolute Gasteiger partial charge is 0.416 e. The number of carbonyl (C=O) groups is 1. The highest BCUT2D eigenvalue weighted by Crippen LogP contribution is 2.33. The topological polar surface area (TPSA) is 33.2 Å². The summed E-state index contributed by atoms with van der Waals surface area (Å²) in [6, 6.07) is 5.01. The lowest BCUT2D eigenvalue weighted by Gasteiger charge is -2.08. The SMILES string of the molecule is CN(C)C(=O)Cc1csc(-c2cccc(C(F)(F)F)c2)n1. The highest BCUT2D eigenvalue weighted by atomic mass is 32.1. The quantitative estimate of drug-likeness (QED) is 0.869. The minimum atomic E-state index is -4.38. The molecule has 1 heterocycles. The number of nitrogens with zero attached hydrogens (tertiary/aromatic N) is 2. The van der Waals surface area contributed by atoms with Crippen LogP contribution in [0.3, 0.4) is 0 Å². The molecule has 7 heteroatoms. The molecule has 112 valence electrons. The Kier molecular flexibility index (Phi) is 4.32. The second-order valence-corrected chi connectivity index (χ2v) is 5.55. The number of hydrogen-bond acceptors (Lipinski definition) is 3. The Labute approximate surface area is 124 Å². The van der Waals surface area contributed by atoms with Crippen LogP contribution in [-0.4, -0.2) is 29.9 Å². The molecule has 0 unspecified atom stereocenters. The maximum absolute atomic E-state index is 12.7. The molecule has 2 aromatic rings. The minimum Gasteiger partial charge on any atom is -0.348 e. The number of carbonyl (C=O) groups excluding carboxylic acids is 1. The van der Waals surface area contributed by atoms with Crippen LogP contribution in [0.25, 0.3) is 10.6 Å². The average Bonchev–Trinajstić information content (AvgIpc) is 2.86. The molecule has 0 bridgehead atoms. The van der Waals surface area contributed by atoms with Gasteiger partial charge < -0.3 is 4.90 Å². The number of benzene rings is 1. The predicted molar refractivity (Wildman–Crippen MR) is 75.0 cm³/mol. The Morgan fingerprint density at radius 1 is 1.33 bits per heavy atom. The number of halogens is 3. The number of likely N-dealkylation sites (N-methyl/N-ethyl adjacent to an activating group) is 1. The van der Waals surface area contributed by atoms with Gasteiger partial charge in [-0.25, -0.2) is 4.98 Å². The molecule has 1 aromatic carbocycles. The van der Waals surface area contributed by atoms with Gasteiger partial charge in [-0.2, -0.15) is 13.2 Å². The van der Waals surface area contributed by atoms with Gasteiger partial charge in [0.2, 0.25) is 5.91 Å². The van der Waals surface area contributed by atoms with E-state index in [1.165, 1.54) is 22.3 Å². The van der Waals surface area contributed by atoms with Gasteiger partial charge >= 0.3 is 6.18 Å². The van der Waals surface area contributed by atoms with Gasteiger partial charge in [-0.05, 0) is 12.1 Å². The van der Waals surface area contributed by atoms with Crippen LogP contribution in [0.2, 0.25) is 0 Å². The molecule has 2 rings (SSSR count). The van der Waals surface area contributed by atoms with Crippen LogP contribution in [0.1, 0.15) is 11.3 Å². The van der Waals surface area contributed by atoms with Crippen LogP contribution >= 0.6 is 11.3 Å². The lowest BCUT2D eigenvalue weighted by atomic mass is 10.1. The van der Waals surface area contributed by atoms with Crippen molar-refractivity contribution in [3.05, 3.63) is 40.9 Å². The van der Waals surface area contributed by atoms with Gasteiger partial charge in [0.15, 0.2) is 0 Å². The van der Waals surface area contributed by atoms with E-state index < -0.39 is 11.7 Å². The lowest BCUT2D eigenvalue weighted by Crippen LogP contribution is -2.23. The van der Waals surface area contributed by atoms with Crippen molar-refractivity contribution in [2.75, 3.05) is 14.1 Å². The fourth-order valence-electron chi connectivity index (χ4n) is 1.66. The average molecular weight is 314 g/mol. The number of alkyl halides is 3. The van der Waals surface area contributed by atoms with Crippen LogP contribution in [0, 0.1) is 0 Å². The third-order valence-corrected chi connectivity index (χ3v) is 3.76. The lowest BCUT2D eigenvalue weighted by molar-refractivity contribution is -0.137. The number of thiazole rings is 1. The monoisotopic (exact) mass is 314 g/mol. The normalized spacial score (nSPS) is 11.5. The first-order valence-electron chi connectivity index (χ1n) is 6.09. The molecule has 0 aliphatic rings. The molecule has 0 aliphatic heterocycles. The van der Waals surface area contributed by atoms with Crippen LogP contribution in [0.4, 0.5) is 13.2 Å². The molecule has 0 saturated heterocycles. The summed E-state index contributed by atoms with van der Waals surface area (Å²) in [6.07, 6.45) is -4.24. The number of aromatic nitrogens is 1. The van der Waals surface area contributed by atoms with E-state index in [9.17, 15) is 18.0 Å². The second-order valence-electron chi connectivity index (χ2n) is 4.69. The van der Waals surface area contributed by atoms with Gasteiger partial charge in [0.1, 0.15) is 5.01 Å². The van der Waals surface area contributed by atoms with E-state index in [1.807, 2.05) is 0 Å². The highest BCUT2D eigenvalue weighted by molar-refractivity contribution is 7.13. The first-order valence-corrected chi connectivity index (χ1v) is 6.97. The number of rotatable bonds is 3. The third kappa shape index (κ3) is 3.81. The Hall–Kier alpha value is -1.89. The molecule has 0 spiro atoms. The van der Waals surface area contributed by atoms with E-state index in [4.69, 9.17) is 0 Å². The van der Waals surface area contributed by atoms with Crippen LogP contribution in [0.15, 0.2) is 29.6 Å². The molecule has 3 nitrogen and oxygen atoms in total. The fourth-order valence-corrected chi connectivity index (χ4v) is 2.48. The summed E-state index contributed by atoms with van der Waals surface area (Å²) in [7, 11) is 3.28. The third-order valence-electron chi connectivity index (χ3n) is 2.82. The molecule has 0 N–H and O–H groups in total. The minimum absolute atomic E-state index is 0.101. The molecule has 0 saturated carbocycles. The predicted octanol–water partition coefficient (Wildman–Crippen LogP) is 3.46. The van der Waals surface area contributed by atoms with Gasteiger partial charge in [0.25, 0.3) is 0 Å². The van der Waals surface area contributed by atoms with Crippen molar-refractivity contribution in [3.63, 3.8) is 0 Å². The van der Waals surface area contributed by atoms with E-state index >= 15 is 0 Å². The van der Waals surface area contributed by atoms with Crippen molar-refractivity contribution in [2.45, 2.75) is 12.6 Å². The Balaban J connectivity index is 2.24. The summed E-state index contributed by atoms with van der Waals surface area (Å²) in [5, 5.41) is 2.17. The Morgan fingerprint density at radius 3 is 2.67 bits per heavy atom. The van der Waals surface area contributed by atoms with Crippen molar-refractivity contribution >= 4 is 17.2 Å². The summed E-state index contributed by atoms with van der Waals surface area (Å²) < 4.78 is 38.0. The summed E-state index contributed by atoms with van der Waals surface area (Å²) in [5.41, 5.74) is 0.255. The molecular formula is C14H13F3N2OS. The number of hydrogen-bond donors (Lipinski definition) is 0. The van der Waals surface area contributed by atoms with Gasteiger partial charge in [-0.15, -0.1) is 11.3 Å². The summed E-state index contributed by atoms with van der Waals surface area (Å²) >= 11 is 1.23. The highest BCUT2D eigenvalue weighted by Gasteiger charge is 2.30. The van der Waals surface area contributed by atoms with Crippen molar-refractivity contribution < 1.29 is 18.0 Å². The van der Waals surface area contributed by atoms with E-state index in [2.05, 4.69) is 4.98 Å². The first kappa shape index (κ1) is 15.5. The smallest absolute Gasteiger partial charge is 0.348 e. The standard InChI is InChI=1S/C14H13F3N2OS/c1-19(2)12(20)7-11-8-21-13(18-11)9-4-3-5-10(6-9)14(15,16)17/h3-6,8H,7H2,1-2H3. The molecule has 0 aliphatic carbocycles. The van der Waals surface area contributed by atoms with Gasteiger partial charge in [-0.3, -0.25) is 4.79 Å². The van der Waals surface area contributed by atoms with Crippen LogP contribution < -0.4 is 0 Å². The van der Waals surface area contributed by atoms with Crippen molar-refractivity contribution in [2.24, 2.45) is 0 Å². The van der Waals surface area contributed by atoms with Crippen LogP contribution in [0.5, 0.6) is 0 Å². The summed E-state index contributed by atoms with van der Waals surface area (Å²) in [5.74, 6) is -0.101. The molecule has 0 fully saturated rings. The van der Waals surface area contributed by atoms with Crippen LogP contribution in [-0.2, 0) is 17.4 Å². The molecule has 0 radical (unpaired) electrons. The zero-order valence-electron chi connectivity index (χ0n) is 11.4. The molecule has 1 aromatic heterocycles. The summed E-state index contributed by atoms with van der Waals surface area (Å²) in [4.78, 5) is 17.3. The van der Waals surface area contributed by atoms with E-state index in [0.29, 0.717) is 16.3 Å². The maximum atomic E-state index is 12.7. The van der Waals surface area contributed by atoms with Gasteiger partial charge in [0.05, 0.1) is 17.7 Å². The maximum Gasteiger partial charge on any atom is 0.416 e. The van der Waals surface area contributed by atoms with Crippen molar-refractivity contribution in [3.8, 4) is 10.6 Å². The number of amides is 1. The van der Waals surface area contributed by atoms with E-state index in [0.717, 1.165) is 12.1 Å². The van der Waals surface area contributed by atoms with Gasteiger partial charge in [-0.1, -0.05) is 12.1 Å². The second kappa shape index (κ2) is 5.85. The molecule has 21 heavy (non-hydrogen) atoms. The molecule has 1 amide bonds. The first-order chi connectivity index (χ1) is 9.77. The van der Waals surface area contributed by atoms with E-state index in [1.54, 1.807) is 25.5 Å². The van der Waals surface area contributed by atoms with Crippen molar-refractivity contribution in [1.82, 2.24) is 9.88 Å². The fraction of sp³-hybridized carbons (Fsp3) is 0.286. The molecule has 0 atom stereocenters. The summed E-state index contributed by atoms with van der Waals surface area (Å²) in [6.45, 7) is 0. The van der Waals surface area contributed by atoms with Crippen molar-refractivity contribution in [1.29, 1.82) is 0 Å². The zero-order valence-corrected chi connectivity index (χ0v) is 12.3. The van der Waals surface area contributed by atoms with E-state index in [-0.39, 0.29) is 12.3 Å². The zero-order chi connectivity index (χ0) is 15.6. The van der Waals surface area contributed by atoms with Gasteiger partial charge in [0, 0.05) is 25.0 Å². The molecular weight excluding hydrogens is 301 g/mol.